The van der Waals surface area contributed by atoms with E-state index >= 15 is 0 Å². The lowest BCUT2D eigenvalue weighted by Gasteiger charge is -2.05. The molecular formula is C14H14F4Si2. The Kier molecular flexibility index (Phi) is 5.13. The van der Waals surface area contributed by atoms with Gasteiger partial charge in [-0.15, -0.1) is 0 Å². The molecule has 0 nitrogen and oxygen atoms in total. The van der Waals surface area contributed by atoms with Crippen LogP contribution in [0.15, 0.2) is 36.4 Å². The minimum absolute atomic E-state index is 0.471. The smallest absolute Gasteiger partial charge is 0.158 e. The van der Waals surface area contributed by atoms with E-state index in [1.54, 1.807) is 12.1 Å². The lowest BCUT2D eigenvalue weighted by molar-refractivity contribution is 0.514. The van der Waals surface area contributed by atoms with Crippen LogP contribution in [0.3, 0.4) is 0 Å². The van der Waals surface area contributed by atoms with Gasteiger partial charge in [0, 0.05) is 0 Å². The molecule has 0 amide bonds. The van der Waals surface area contributed by atoms with Gasteiger partial charge in [0.25, 0.3) is 0 Å². The highest BCUT2D eigenvalue weighted by molar-refractivity contribution is 6.58. The average molecular weight is 314 g/mol. The monoisotopic (exact) mass is 314 g/mol. The number of hydrogen-bond donors (Lipinski definition) is 0. The first-order valence-electron chi connectivity index (χ1n) is 6.45. The maximum atomic E-state index is 13.4. The predicted molar refractivity (Wildman–Crippen MR) is 78.7 cm³/mol. The highest BCUT2D eigenvalue weighted by atomic mass is 28.2. The SMILES string of the molecule is Fc1cccc([SiH2]CC[SiH2]c2cccc(F)c2F)c1F. The van der Waals surface area contributed by atoms with Crippen molar-refractivity contribution in [3.8, 4) is 0 Å². The van der Waals surface area contributed by atoms with Crippen molar-refractivity contribution in [2.45, 2.75) is 12.1 Å². The Labute approximate surface area is 119 Å². The quantitative estimate of drug-likeness (QED) is 0.444. The standard InChI is InChI=1S/C14H14F4Si2/c15-9-3-1-5-11(13(9)17)19-7-8-20-12-6-2-4-10(16)14(12)18/h1-6H,7-8,19-20H2. The molecule has 0 bridgehead atoms. The summed E-state index contributed by atoms with van der Waals surface area (Å²) in [6.07, 6.45) is 0. The molecule has 0 unspecified atom stereocenters. The van der Waals surface area contributed by atoms with Crippen molar-refractivity contribution < 1.29 is 17.6 Å². The van der Waals surface area contributed by atoms with Crippen LogP contribution in [0.5, 0.6) is 0 Å². The van der Waals surface area contributed by atoms with Crippen LogP contribution in [0, 0.1) is 23.3 Å². The van der Waals surface area contributed by atoms with E-state index in [0.717, 1.165) is 24.2 Å². The van der Waals surface area contributed by atoms with Gasteiger partial charge in [-0.25, -0.2) is 17.6 Å². The molecule has 0 saturated heterocycles. The van der Waals surface area contributed by atoms with Crippen LogP contribution in [0.4, 0.5) is 17.6 Å². The molecule has 0 saturated carbocycles. The highest BCUT2D eigenvalue weighted by Crippen LogP contribution is 2.04. The van der Waals surface area contributed by atoms with Crippen LogP contribution in [0.25, 0.3) is 0 Å². The third kappa shape index (κ3) is 3.58. The number of benzene rings is 2. The Bertz CT molecular complexity index is 548. The second-order valence-electron chi connectivity index (χ2n) is 4.63. The van der Waals surface area contributed by atoms with E-state index in [4.69, 9.17) is 0 Å². The normalized spacial score (nSPS) is 12.0. The Hall–Kier alpha value is -1.41. The zero-order valence-corrected chi connectivity index (χ0v) is 13.6. The molecule has 0 aliphatic rings. The van der Waals surface area contributed by atoms with Gasteiger partial charge in [-0.1, -0.05) is 36.4 Å². The summed E-state index contributed by atoms with van der Waals surface area (Å²) in [5.41, 5.74) is 0. The molecule has 2 rings (SSSR count). The van der Waals surface area contributed by atoms with Crippen LogP contribution >= 0.6 is 0 Å². The molecule has 0 spiro atoms. The molecule has 2 aromatic rings. The van der Waals surface area contributed by atoms with Crippen molar-refractivity contribution in [2.24, 2.45) is 0 Å². The second kappa shape index (κ2) is 6.85. The molecule has 0 aliphatic heterocycles. The van der Waals surface area contributed by atoms with Gasteiger partial charge in [0.2, 0.25) is 0 Å². The van der Waals surface area contributed by atoms with Crippen LogP contribution in [0.2, 0.25) is 12.1 Å². The molecule has 0 radical (unpaired) electrons. The van der Waals surface area contributed by atoms with E-state index in [-0.39, 0.29) is 0 Å². The van der Waals surface area contributed by atoms with E-state index < -0.39 is 42.3 Å². The number of halogens is 4. The summed E-state index contributed by atoms with van der Waals surface area (Å²) in [7, 11) is -1.79. The minimum atomic E-state index is -0.896. The minimum Gasteiger partial charge on any atom is -0.204 e. The molecule has 106 valence electrons. The van der Waals surface area contributed by atoms with Gasteiger partial charge in [0.05, 0.1) is 19.0 Å². The summed E-state index contributed by atoms with van der Waals surface area (Å²) in [4.78, 5) is 0. The van der Waals surface area contributed by atoms with Crippen molar-refractivity contribution in [3.63, 3.8) is 0 Å². The summed E-state index contributed by atoms with van der Waals surface area (Å²) >= 11 is 0. The maximum Gasteiger partial charge on any atom is 0.158 e. The third-order valence-corrected chi connectivity index (χ3v) is 8.08. The maximum absolute atomic E-state index is 13.4. The summed E-state index contributed by atoms with van der Waals surface area (Å²) < 4.78 is 52.9. The third-order valence-electron chi connectivity index (χ3n) is 3.21. The van der Waals surface area contributed by atoms with E-state index in [1.807, 2.05) is 0 Å². The molecule has 20 heavy (non-hydrogen) atoms. The van der Waals surface area contributed by atoms with Gasteiger partial charge in [-0.05, 0) is 22.5 Å². The number of hydrogen-bond acceptors (Lipinski definition) is 0. The summed E-state index contributed by atoms with van der Waals surface area (Å²) in [5.74, 6) is -3.14. The fourth-order valence-electron chi connectivity index (χ4n) is 2.11. The van der Waals surface area contributed by atoms with Crippen molar-refractivity contribution in [1.29, 1.82) is 0 Å². The first kappa shape index (κ1) is 15.0. The van der Waals surface area contributed by atoms with Crippen molar-refractivity contribution >= 4 is 29.4 Å². The zero-order valence-electron chi connectivity index (χ0n) is 10.8. The van der Waals surface area contributed by atoms with Gasteiger partial charge in [0.1, 0.15) is 0 Å². The summed E-state index contributed by atoms with van der Waals surface area (Å²) in [6, 6.07) is 9.98. The van der Waals surface area contributed by atoms with E-state index in [1.165, 1.54) is 12.1 Å². The fourth-order valence-corrected chi connectivity index (χ4v) is 6.26. The van der Waals surface area contributed by atoms with Gasteiger partial charge < -0.3 is 0 Å². The largest absolute Gasteiger partial charge is 0.204 e. The van der Waals surface area contributed by atoms with E-state index in [2.05, 4.69) is 0 Å². The predicted octanol–water partition coefficient (Wildman–Crippen LogP) is 1.37. The van der Waals surface area contributed by atoms with E-state index in [0.29, 0.717) is 10.4 Å². The topological polar surface area (TPSA) is 0 Å². The lowest BCUT2D eigenvalue weighted by atomic mass is 10.3. The molecule has 0 heterocycles. The van der Waals surface area contributed by atoms with E-state index in [9.17, 15) is 17.6 Å². The molecule has 0 fully saturated rings. The molecule has 6 heteroatoms. The molecular weight excluding hydrogens is 300 g/mol. The fraction of sp³-hybridized carbons (Fsp3) is 0.143. The van der Waals surface area contributed by atoms with Crippen molar-refractivity contribution in [1.82, 2.24) is 0 Å². The van der Waals surface area contributed by atoms with Crippen LogP contribution in [0.1, 0.15) is 0 Å². The second-order valence-corrected chi connectivity index (χ2v) is 8.57. The molecule has 0 N–H and O–H groups in total. The Morgan fingerprint density at radius 1 is 0.650 bits per heavy atom. The van der Waals surface area contributed by atoms with Crippen LogP contribution < -0.4 is 10.4 Å². The Balaban J connectivity index is 1.88. The Morgan fingerprint density at radius 3 is 1.45 bits per heavy atom. The first-order chi connectivity index (χ1) is 9.59. The molecule has 2 aromatic carbocycles. The molecule has 0 aromatic heterocycles. The summed E-state index contributed by atoms with van der Waals surface area (Å²) in [6.45, 7) is 0. The first-order valence-corrected chi connectivity index (χ1v) is 9.87. The Morgan fingerprint density at radius 2 is 1.05 bits per heavy atom. The average Bonchev–Trinajstić information content (AvgIpc) is 2.43. The van der Waals surface area contributed by atoms with Crippen molar-refractivity contribution in [2.75, 3.05) is 0 Å². The van der Waals surface area contributed by atoms with Crippen LogP contribution in [-0.4, -0.2) is 19.0 Å². The highest BCUT2D eigenvalue weighted by Gasteiger charge is 2.09. The van der Waals surface area contributed by atoms with Gasteiger partial charge in [-0.3, -0.25) is 0 Å². The van der Waals surface area contributed by atoms with Gasteiger partial charge >= 0.3 is 0 Å². The molecule has 0 aliphatic carbocycles. The van der Waals surface area contributed by atoms with Gasteiger partial charge in [-0.2, -0.15) is 0 Å². The summed E-state index contributed by atoms with van der Waals surface area (Å²) in [5, 5.41) is 0.942. The zero-order chi connectivity index (χ0) is 14.5. The van der Waals surface area contributed by atoms with Crippen LogP contribution in [-0.2, 0) is 0 Å². The number of rotatable bonds is 5. The van der Waals surface area contributed by atoms with Gasteiger partial charge in [0.15, 0.2) is 23.3 Å². The van der Waals surface area contributed by atoms with Crippen molar-refractivity contribution in [3.05, 3.63) is 59.7 Å². The molecule has 0 atom stereocenters. The lowest BCUT2D eigenvalue weighted by Crippen LogP contribution is -2.23.